The Balaban J connectivity index is 1.58. The van der Waals surface area contributed by atoms with Crippen molar-refractivity contribution >= 4 is 16.9 Å². The Kier molecular flexibility index (Phi) is 4.21. The number of fused-ring (bicyclic) bond motifs is 1. The molecule has 0 aliphatic carbocycles. The highest BCUT2D eigenvalue weighted by molar-refractivity contribution is 5.88. The van der Waals surface area contributed by atoms with E-state index in [0.29, 0.717) is 5.82 Å². The number of aromatic nitrogens is 5. The Bertz CT molecular complexity index is 1090. The van der Waals surface area contributed by atoms with Crippen LogP contribution in [-0.2, 0) is 7.05 Å². The van der Waals surface area contributed by atoms with Crippen LogP contribution in [0.3, 0.4) is 0 Å². The van der Waals surface area contributed by atoms with Crippen molar-refractivity contribution in [2.24, 2.45) is 7.05 Å². The lowest BCUT2D eigenvalue weighted by atomic mass is 10.0. The van der Waals surface area contributed by atoms with Crippen LogP contribution in [0.15, 0.2) is 61.1 Å². The van der Waals surface area contributed by atoms with Gasteiger partial charge in [0.05, 0.1) is 11.6 Å². The molecule has 1 aromatic carbocycles. The van der Waals surface area contributed by atoms with Crippen LogP contribution in [0.2, 0.25) is 0 Å². The molecule has 0 unspecified atom stereocenters. The molecule has 4 aromatic rings. The van der Waals surface area contributed by atoms with E-state index in [9.17, 15) is 0 Å². The second kappa shape index (κ2) is 7.01. The maximum Gasteiger partial charge on any atom is 0.164 e. The average molecular weight is 371 g/mol. The Morgan fingerprint density at radius 3 is 2.68 bits per heavy atom. The Hall–Kier alpha value is -3.32. The first-order valence-corrected chi connectivity index (χ1v) is 9.43. The topological polar surface area (TPSA) is 71.8 Å². The van der Waals surface area contributed by atoms with E-state index in [1.165, 1.54) is 5.56 Å². The molecule has 1 saturated heterocycles. The molecule has 7 heteroatoms. The van der Waals surface area contributed by atoms with Gasteiger partial charge < -0.3 is 10.2 Å². The van der Waals surface area contributed by atoms with Crippen molar-refractivity contribution in [2.75, 3.05) is 24.5 Å². The second-order valence-corrected chi connectivity index (χ2v) is 6.98. The van der Waals surface area contributed by atoms with Gasteiger partial charge in [-0.3, -0.25) is 9.67 Å². The molecule has 1 aliphatic rings. The quantitative estimate of drug-likeness (QED) is 0.597. The van der Waals surface area contributed by atoms with Gasteiger partial charge in [0, 0.05) is 50.7 Å². The smallest absolute Gasteiger partial charge is 0.164 e. The minimum Gasteiger partial charge on any atom is -0.353 e. The fraction of sp³-hybridized carbons (Fsp3) is 0.238. The van der Waals surface area contributed by atoms with Gasteiger partial charge in [0.1, 0.15) is 5.82 Å². The molecule has 140 valence electrons. The minimum absolute atomic E-state index is 0.265. The van der Waals surface area contributed by atoms with Crippen molar-refractivity contribution in [3.05, 3.63) is 66.6 Å². The van der Waals surface area contributed by atoms with E-state index in [-0.39, 0.29) is 6.04 Å². The number of hydrogen-bond donors (Lipinski definition) is 1. The zero-order valence-electron chi connectivity index (χ0n) is 15.7. The van der Waals surface area contributed by atoms with Crippen LogP contribution < -0.4 is 10.2 Å². The number of nitrogens with one attached hydrogen (secondary N) is 1. The number of rotatable bonds is 3. The Morgan fingerprint density at radius 2 is 1.86 bits per heavy atom. The normalized spacial score (nSPS) is 17.2. The van der Waals surface area contributed by atoms with Crippen LogP contribution in [-0.4, -0.2) is 44.4 Å². The van der Waals surface area contributed by atoms with Crippen LogP contribution in [0.4, 0.5) is 5.82 Å². The average Bonchev–Trinajstić information content (AvgIpc) is 3.15. The maximum absolute atomic E-state index is 4.94. The molecule has 0 bridgehead atoms. The van der Waals surface area contributed by atoms with Crippen molar-refractivity contribution in [1.29, 1.82) is 0 Å². The molecular weight excluding hydrogens is 350 g/mol. The molecule has 28 heavy (non-hydrogen) atoms. The van der Waals surface area contributed by atoms with Gasteiger partial charge in [-0.25, -0.2) is 9.97 Å². The molecule has 0 radical (unpaired) electrons. The van der Waals surface area contributed by atoms with E-state index in [1.54, 1.807) is 12.4 Å². The van der Waals surface area contributed by atoms with Crippen molar-refractivity contribution < 1.29 is 0 Å². The molecule has 1 atom stereocenters. The molecule has 3 aromatic heterocycles. The van der Waals surface area contributed by atoms with E-state index < -0.39 is 0 Å². The summed E-state index contributed by atoms with van der Waals surface area (Å²) in [5.74, 6) is 1.63. The SMILES string of the molecule is Cn1ncc2c(N3CCN[C@@H](c4ccccc4)C3)nc(-c3ccncc3)nc21. The summed E-state index contributed by atoms with van der Waals surface area (Å²) in [6.45, 7) is 2.64. The summed E-state index contributed by atoms with van der Waals surface area (Å²) >= 11 is 0. The van der Waals surface area contributed by atoms with Crippen LogP contribution in [0.25, 0.3) is 22.4 Å². The summed E-state index contributed by atoms with van der Waals surface area (Å²) < 4.78 is 1.81. The van der Waals surface area contributed by atoms with Crippen molar-refractivity contribution in [1.82, 2.24) is 30.0 Å². The molecular formula is C21H21N7. The van der Waals surface area contributed by atoms with Gasteiger partial charge >= 0.3 is 0 Å². The number of benzene rings is 1. The highest BCUT2D eigenvalue weighted by atomic mass is 15.3. The third-order valence-electron chi connectivity index (χ3n) is 5.19. The summed E-state index contributed by atoms with van der Waals surface area (Å²) in [5.41, 5.74) is 3.08. The number of nitrogens with zero attached hydrogens (tertiary/aromatic N) is 6. The first-order chi connectivity index (χ1) is 13.8. The minimum atomic E-state index is 0.265. The molecule has 0 amide bonds. The van der Waals surface area contributed by atoms with Crippen molar-refractivity contribution in [3.8, 4) is 11.4 Å². The number of hydrogen-bond acceptors (Lipinski definition) is 6. The third kappa shape index (κ3) is 2.99. The van der Waals surface area contributed by atoms with Crippen LogP contribution in [0, 0.1) is 0 Å². The maximum atomic E-state index is 4.94. The highest BCUT2D eigenvalue weighted by Gasteiger charge is 2.25. The molecule has 0 spiro atoms. The molecule has 4 heterocycles. The first-order valence-electron chi connectivity index (χ1n) is 9.43. The van der Waals surface area contributed by atoms with Gasteiger partial charge in [-0.1, -0.05) is 30.3 Å². The van der Waals surface area contributed by atoms with Gasteiger partial charge in [-0.2, -0.15) is 5.10 Å². The molecule has 7 nitrogen and oxygen atoms in total. The van der Waals surface area contributed by atoms with Crippen LogP contribution >= 0.6 is 0 Å². The summed E-state index contributed by atoms with van der Waals surface area (Å²) in [6, 6.07) is 14.7. The first kappa shape index (κ1) is 16.8. The standard InChI is InChI=1S/C21H21N7/c1-27-20-17(13-24-27)21(26-19(25-20)16-7-9-22-10-8-16)28-12-11-23-18(14-28)15-5-3-2-4-6-15/h2-10,13,18,23H,11-12,14H2,1H3/t18-/m1/s1. The van der Waals surface area contributed by atoms with E-state index >= 15 is 0 Å². The highest BCUT2D eigenvalue weighted by Crippen LogP contribution is 2.29. The van der Waals surface area contributed by atoms with Crippen LogP contribution in [0.5, 0.6) is 0 Å². The fourth-order valence-corrected chi connectivity index (χ4v) is 3.73. The number of aryl methyl sites for hydroxylation is 1. The van der Waals surface area contributed by atoms with Gasteiger partial charge in [0.2, 0.25) is 0 Å². The fourth-order valence-electron chi connectivity index (χ4n) is 3.73. The molecule has 1 aliphatic heterocycles. The Labute approximate surface area is 163 Å². The summed E-state index contributed by atoms with van der Waals surface area (Å²) in [5, 5.41) is 9.02. The summed E-state index contributed by atoms with van der Waals surface area (Å²) in [6.07, 6.45) is 5.39. The summed E-state index contributed by atoms with van der Waals surface area (Å²) in [4.78, 5) is 16.1. The number of pyridine rings is 1. The zero-order chi connectivity index (χ0) is 18.9. The predicted molar refractivity (Wildman–Crippen MR) is 109 cm³/mol. The third-order valence-corrected chi connectivity index (χ3v) is 5.19. The van der Waals surface area contributed by atoms with Crippen molar-refractivity contribution in [3.63, 3.8) is 0 Å². The van der Waals surface area contributed by atoms with E-state index in [1.807, 2.05) is 30.1 Å². The number of anilines is 1. The van der Waals surface area contributed by atoms with Gasteiger partial charge in [0.15, 0.2) is 11.5 Å². The lowest BCUT2D eigenvalue weighted by Gasteiger charge is -2.35. The molecule has 1 N–H and O–H groups in total. The van der Waals surface area contributed by atoms with Gasteiger partial charge in [0.25, 0.3) is 0 Å². The molecule has 5 rings (SSSR count). The lowest BCUT2D eigenvalue weighted by Crippen LogP contribution is -2.46. The van der Waals surface area contributed by atoms with E-state index in [4.69, 9.17) is 9.97 Å². The van der Waals surface area contributed by atoms with Crippen molar-refractivity contribution in [2.45, 2.75) is 6.04 Å². The Morgan fingerprint density at radius 1 is 1.04 bits per heavy atom. The monoisotopic (exact) mass is 371 g/mol. The zero-order valence-corrected chi connectivity index (χ0v) is 15.7. The number of piperazine rings is 1. The van der Waals surface area contributed by atoms with Gasteiger partial charge in [-0.15, -0.1) is 0 Å². The largest absolute Gasteiger partial charge is 0.353 e. The van der Waals surface area contributed by atoms with E-state index in [2.05, 4.69) is 50.6 Å². The van der Waals surface area contributed by atoms with Gasteiger partial charge in [-0.05, 0) is 17.7 Å². The molecule has 1 fully saturated rings. The molecule has 0 saturated carbocycles. The van der Waals surface area contributed by atoms with Crippen LogP contribution in [0.1, 0.15) is 11.6 Å². The predicted octanol–water partition coefficient (Wildman–Crippen LogP) is 2.58. The lowest BCUT2D eigenvalue weighted by molar-refractivity contribution is 0.470. The second-order valence-electron chi connectivity index (χ2n) is 6.98. The van der Waals surface area contributed by atoms with E-state index in [0.717, 1.165) is 42.0 Å². The summed E-state index contributed by atoms with van der Waals surface area (Å²) in [7, 11) is 1.92.